The number of halogens is 1. The van der Waals surface area contributed by atoms with Gasteiger partial charge < -0.3 is 5.32 Å². The highest BCUT2D eigenvalue weighted by Crippen LogP contribution is 2.30. The van der Waals surface area contributed by atoms with Gasteiger partial charge in [0.05, 0.1) is 21.8 Å². The van der Waals surface area contributed by atoms with E-state index in [0.717, 1.165) is 22.5 Å². The Kier molecular flexibility index (Phi) is 6.77. The van der Waals surface area contributed by atoms with E-state index < -0.39 is 0 Å². The van der Waals surface area contributed by atoms with Crippen LogP contribution in [0.3, 0.4) is 0 Å². The van der Waals surface area contributed by atoms with Crippen LogP contribution in [-0.2, 0) is 4.79 Å². The average Bonchev–Trinajstić information content (AvgIpc) is 3.13. The fraction of sp³-hybridized carbons (Fsp3) is 0.227. The number of amides is 1. The lowest BCUT2D eigenvalue weighted by atomic mass is 10.1. The number of imidazole rings is 1. The molecule has 5 nitrogen and oxygen atoms in total. The van der Waals surface area contributed by atoms with Crippen molar-refractivity contribution in [2.24, 2.45) is 0 Å². The number of rotatable bonds is 6. The summed E-state index contributed by atoms with van der Waals surface area (Å²) in [4.78, 5) is 19.1. The summed E-state index contributed by atoms with van der Waals surface area (Å²) < 4.78 is 1.63. The van der Waals surface area contributed by atoms with Gasteiger partial charge in [-0.3, -0.25) is 4.79 Å². The van der Waals surface area contributed by atoms with E-state index in [0.29, 0.717) is 27.1 Å². The zero-order valence-electron chi connectivity index (χ0n) is 16.9. The minimum atomic E-state index is -0.165. The van der Waals surface area contributed by atoms with Crippen LogP contribution >= 0.6 is 23.4 Å². The summed E-state index contributed by atoms with van der Waals surface area (Å²) in [6.07, 6.45) is 4.41. The van der Waals surface area contributed by atoms with Gasteiger partial charge >= 0.3 is 0 Å². The van der Waals surface area contributed by atoms with E-state index in [2.05, 4.69) is 15.4 Å². The molecule has 1 amide bonds. The number of thioether (sulfide) groups is 1. The molecule has 3 rings (SSSR count). The van der Waals surface area contributed by atoms with Crippen LogP contribution in [-0.4, -0.2) is 20.5 Å². The SMILES string of the molecule is CC=C(C)SC(C(=O)Nc1cnc2ccc(-c3ccccc3Cl)nn12)=C(C)CC. The molecule has 0 fully saturated rings. The molecule has 1 N–H and O–H groups in total. The summed E-state index contributed by atoms with van der Waals surface area (Å²) in [5.41, 5.74) is 3.21. The van der Waals surface area contributed by atoms with Gasteiger partial charge in [-0.15, -0.1) is 0 Å². The minimum Gasteiger partial charge on any atom is -0.305 e. The zero-order chi connectivity index (χ0) is 21.0. The van der Waals surface area contributed by atoms with Crippen LogP contribution in [0.5, 0.6) is 0 Å². The number of anilines is 1. The van der Waals surface area contributed by atoms with E-state index in [1.807, 2.05) is 70.2 Å². The van der Waals surface area contributed by atoms with Crippen LogP contribution in [0.4, 0.5) is 5.82 Å². The summed E-state index contributed by atoms with van der Waals surface area (Å²) >= 11 is 7.79. The molecule has 0 aliphatic carbocycles. The van der Waals surface area contributed by atoms with Crippen molar-refractivity contribution in [3.63, 3.8) is 0 Å². The van der Waals surface area contributed by atoms with E-state index in [1.165, 1.54) is 11.8 Å². The lowest BCUT2D eigenvalue weighted by Crippen LogP contribution is -2.16. The Balaban J connectivity index is 1.97. The molecule has 0 aliphatic rings. The van der Waals surface area contributed by atoms with Gasteiger partial charge in [0.15, 0.2) is 11.5 Å². The summed E-state index contributed by atoms with van der Waals surface area (Å²) in [6, 6.07) is 11.2. The van der Waals surface area contributed by atoms with Gasteiger partial charge in [-0.05, 0) is 50.3 Å². The monoisotopic (exact) mass is 426 g/mol. The first kappa shape index (κ1) is 21.1. The number of allylic oxidation sites excluding steroid dienone is 3. The molecule has 3 aromatic rings. The first-order valence-electron chi connectivity index (χ1n) is 9.36. The second-order valence-corrected chi connectivity index (χ2v) is 8.19. The fourth-order valence-electron chi connectivity index (χ4n) is 2.65. The normalized spacial score (nSPS) is 12.8. The van der Waals surface area contributed by atoms with Gasteiger partial charge in [-0.25, -0.2) is 4.98 Å². The lowest BCUT2D eigenvalue weighted by molar-refractivity contribution is -0.112. The Morgan fingerprint density at radius 3 is 2.69 bits per heavy atom. The van der Waals surface area contributed by atoms with Gasteiger partial charge in [0, 0.05) is 5.56 Å². The zero-order valence-corrected chi connectivity index (χ0v) is 18.4. The number of carbonyl (C=O) groups excluding carboxylic acids is 1. The molecule has 0 saturated carbocycles. The van der Waals surface area contributed by atoms with Gasteiger partial charge in [0.2, 0.25) is 0 Å². The Bertz CT molecular complexity index is 1120. The van der Waals surface area contributed by atoms with Crippen LogP contribution in [0.15, 0.2) is 64.1 Å². The maximum Gasteiger partial charge on any atom is 0.263 e. The quantitative estimate of drug-likeness (QED) is 0.468. The molecular weight excluding hydrogens is 404 g/mol. The molecule has 0 spiro atoms. The molecule has 7 heteroatoms. The first-order chi connectivity index (χ1) is 13.9. The third kappa shape index (κ3) is 4.71. The van der Waals surface area contributed by atoms with E-state index in [1.54, 1.807) is 10.7 Å². The molecule has 150 valence electrons. The largest absolute Gasteiger partial charge is 0.305 e. The van der Waals surface area contributed by atoms with Gasteiger partial charge in [-0.1, -0.05) is 60.1 Å². The van der Waals surface area contributed by atoms with Crippen molar-refractivity contribution in [3.05, 3.63) is 69.1 Å². The number of hydrogen-bond acceptors (Lipinski definition) is 4. The van der Waals surface area contributed by atoms with Crippen LogP contribution in [0, 0.1) is 0 Å². The van der Waals surface area contributed by atoms with Crippen LogP contribution in [0.2, 0.25) is 5.02 Å². The topological polar surface area (TPSA) is 59.3 Å². The van der Waals surface area contributed by atoms with E-state index in [9.17, 15) is 4.79 Å². The molecule has 2 heterocycles. The van der Waals surface area contributed by atoms with Gasteiger partial charge in [0.25, 0.3) is 5.91 Å². The van der Waals surface area contributed by atoms with Crippen molar-refractivity contribution < 1.29 is 4.79 Å². The summed E-state index contributed by atoms with van der Waals surface area (Å²) in [5.74, 6) is 0.348. The molecular formula is C22H23ClN4OS. The number of fused-ring (bicyclic) bond motifs is 1. The van der Waals surface area contributed by atoms with Gasteiger partial charge in [-0.2, -0.15) is 9.61 Å². The molecule has 0 aliphatic heterocycles. The summed E-state index contributed by atoms with van der Waals surface area (Å²) in [7, 11) is 0. The molecule has 0 unspecified atom stereocenters. The molecule has 2 aromatic heterocycles. The predicted octanol–water partition coefficient (Wildman–Crippen LogP) is 6.33. The van der Waals surface area contributed by atoms with Crippen molar-refractivity contribution in [1.82, 2.24) is 14.6 Å². The number of nitrogens with zero attached hydrogens (tertiary/aromatic N) is 3. The minimum absolute atomic E-state index is 0.165. The van der Waals surface area contributed by atoms with Crippen molar-refractivity contribution in [2.45, 2.75) is 34.1 Å². The standard InChI is InChI=1S/C22H23ClN4OS/c1-5-14(3)21(29-15(4)6-2)22(28)25-20-13-24-19-12-11-18(26-27(19)20)16-9-7-8-10-17(16)23/h6-13H,5H2,1-4H3,(H,25,28). The Morgan fingerprint density at radius 2 is 2.00 bits per heavy atom. The Hall–Kier alpha value is -2.57. The van der Waals surface area contributed by atoms with Crippen molar-refractivity contribution >= 4 is 40.7 Å². The maximum atomic E-state index is 13.0. The molecule has 29 heavy (non-hydrogen) atoms. The highest BCUT2D eigenvalue weighted by Gasteiger charge is 2.17. The Labute approximate surface area is 179 Å². The van der Waals surface area contributed by atoms with Crippen molar-refractivity contribution in [3.8, 4) is 11.3 Å². The third-order valence-corrected chi connectivity index (χ3v) is 6.17. The average molecular weight is 427 g/mol. The van der Waals surface area contributed by atoms with Crippen molar-refractivity contribution in [2.75, 3.05) is 5.32 Å². The summed E-state index contributed by atoms with van der Waals surface area (Å²) in [5, 5.41) is 8.22. The Morgan fingerprint density at radius 1 is 1.24 bits per heavy atom. The molecule has 0 saturated heterocycles. The highest BCUT2D eigenvalue weighted by atomic mass is 35.5. The lowest BCUT2D eigenvalue weighted by Gasteiger charge is -2.12. The molecule has 0 atom stereocenters. The number of hydrogen-bond donors (Lipinski definition) is 1. The molecule has 1 aromatic carbocycles. The summed E-state index contributed by atoms with van der Waals surface area (Å²) in [6.45, 7) is 7.98. The number of benzene rings is 1. The number of nitrogens with one attached hydrogen (secondary N) is 1. The number of carbonyl (C=O) groups is 1. The molecule has 0 bridgehead atoms. The van der Waals surface area contributed by atoms with E-state index in [-0.39, 0.29) is 5.91 Å². The van der Waals surface area contributed by atoms with E-state index >= 15 is 0 Å². The maximum absolute atomic E-state index is 13.0. The van der Waals surface area contributed by atoms with Crippen LogP contribution in [0.25, 0.3) is 16.9 Å². The highest BCUT2D eigenvalue weighted by molar-refractivity contribution is 8.07. The fourth-order valence-corrected chi connectivity index (χ4v) is 3.79. The first-order valence-corrected chi connectivity index (χ1v) is 10.6. The van der Waals surface area contributed by atoms with Crippen molar-refractivity contribution in [1.29, 1.82) is 0 Å². The second kappa shape index (κ2) is 9.29. The van der Waals surface area contributed by atoms with Crippen LogP contribution < -0.4 is 5.32 Å². The smallest absolute Gasteiger partial charge is 0.263 e. The third-order valence-electron chi connectivity index (χ3n) is 4.55. The second-order valence-electron chi connectivity index (χ2n) is 6.53. The van der Waals surface area contributed by atoms with E-state index in [4.69, 9.17) is 11.6 Å². The number of aromatic nitrogens is 3. The van der Waals surface area contributed by atoms with Gasteiger partial charge in [0.1, 0.15) is 0 Å². The predicted molar refractivity (Wildman–Crippen MR) is 122 cm³/mol. The van der Waals surface area contributed by atoms with Crippen LogP contribution in [0.1, 0.15) is 34.1 Å². The molecule has 0 radical (unpaired) electrons.